The fraction of sp³-hybridized carbons (Fsp3) is 0.192. The molecule has 2 atom stereocenters. The van der Waals surface area contributed by atoms with Crippen molar-refractivity contribution in [3.8, 4) is 0 Å². The van der Waals surface area contributed by atoms with Gasteiger partial charge in [0, 0.05) is 30.4 Å². The van der Waals surface area contributed by atoms with E-state index in [4.69, 9.17) is 0 Å². The Morgan fingerprint density at radius 2 is 1.33 bits per heavy atom. The minimum Gasteiger partial charge on any atom is -0.361 e. The van der Waals surface area contributed by atoms with Gasteiger partial charge in [-0.05, 0) is 23.3 Å². The number of piperazine rings is 1. The van der Waals surface area contributed by atoms with Crippen molar-refractivity contribution in [1.29, 1.82) is 0 Å². The number of nitrogens with zero attached hydrogens (tertiary/aromatic N) is 3. The molecule has 1 aromatic heterocycles. The summed E-state index contributed by atoms with van der Waals surface area (Å²) in [5.74, 6) is 0. The van der Waals surface area contributed by atoms with Crippen LogP contribution in [0.2, 0.25) is 0 Å². The average molecular weight is 412 g/mol. The molecule has 0 bridgehead atoms. The van der Waals surface area contributed by atoms with Gasteiger partial charge in [-0.25, -0.2) is 4.98 Å². The molecule has 0 spiro atoms. The number of aromatic nitrogens is 1. The molecule has 0 aliphatic carbocycles. The van der Waals surface area contributed by atoms with Gasteiger partial charge < -0.3 is 4.90 Å². The van der Waals surface area contributed by atoms with Crippen molar-refractivity contribution in [1.82, 2.24) is 9.88 Å². The van der Waals surface area contributed by atoms with E-state index in [1.54, 1.807) is 11.3 Å². The Morgan fingerprint density at radius 3 is 1.93 bits per heavy atom. The normalized spacial score (nSPS) is 19.7. The predicted molar refractivity (Wildman–Crippen MR) is 125 cm³/mol. The maximum atomic E-state index is 4.58. The molecule has 5 rings (SSSR count). The summed E-state index contributed by atoms with van der Waals surface area (Å²) < 4.78 is 0. The summed E-state index contributed by atoms with van der Waals surface area (Å²) in [5.41, 5.74) is 4.00. The van der Waals surface area contributed by atoms with Gasteiger partial charge >= 0.3 is 0 Å². The maximum Gasteiger partial charge on any atom is 0.107 e. The van der Waals surface area contributed by atoms with Crippen LogP contribution in [0.3, 0.4) is 0 Å². The third-order valence-electron chi connectivity index (χ3n) is 5.87. The summed E-state index contributed by atoms with van der Waals surface area (Å²) in [5, 5.41) is 3.25. The number of anilines is 1. The molecule has 1 aliphatic heterocycles. The Balaban J connectivity index is 1.55. The van der Waals surface area contributed by atoms with E-state index in [1.807, 2.05) is 6.20 Å². The molecular formula is C26H25N3S. The molecule has 1 aliphatic rings. The standard InChI is InChI=1S/C26H25N3S/c1-4-10-21(11-5-1)24-19-29(23-14-8-3-9-15-23)25(22-12-6-2-7-13-22)18-28(24)20-26-27-16-17-30-26/h1-17,24-25H,18-20H2. The van der Waals surface area contributed by atoms with E-state index >= 15 is 0 Å². The average Bonchev–Trinajstić information content (AvgIpc) is 3.34. The van der Waals surface area contributed by atoms with Crippen molar-refractivity contribution in [3.63, 3.8) is 0 Å². The number of hydrogen-bond acceptors (Lipinski definition) is 4. The molecule has 30 heavy (non-hydrogen) atoms. The highest BCUT2D eigenvalue weighted by atomic mass is 32.1. The van der Waals surface area contributed by atoms with Crippen LogP contribution >= 0.6 is 11.3 Å². The summed E-state index contributed by atoms with van der Waals surface area (Å²) in [6.07, 6.45) is 1.91. The Bertz CT molecular complexity index is 1040. The molecule has 0 amide bonds. The van der Waals surface area contributed by atoms with Gasteiger partial charge in [-0.1, -0.05) is 78.9 Å². The lowest BCUT2D eigenvalue weighted by Crippen LogP contribution is -2.50. The predicted octanol–water partition coefficient (Wildman–Crippen LogP) is 5.95. The van der Waals surface area contributed by atoms with Gasteiger partial charge in [0.05, 0.1) is 18.6 Å². The Hall–Kier alpha value is -2.95. The van der Waals surface area contributed by atoms with E-state index in [0.29, 0.717) is 12.1 Å². The highest BCUT2D eigenvalue weighted by Crippen LogP contribution is 2.38. The van der Waals surface area contributed by atoms with Crippen molar-refractivity contribution < 1.29 is 0 Å². The maximum absolute atomic E-state index is 4.58. The lowest BCUT2D eigenvalue weighted by molar-refractivity contribution is 0.142. The van der Waals surface area contributed by atoms with Crippen LogP contribution in [0.25, 0.3) is 0 Å². The second-order valence-electron chi connectivity index (χ2n) is 7.70. The first kappa shape index (κ1) is 19.0. The molecule has 1 saturated heterocycles. The summed E-state index contributed by atoms with van der Waals surface area (Å²) in [6, 6.07) is 33.2. The van der Waals surface area contributed by atoms with E-state index in [-0.39, 0.29) is 0 Å². The third-order valence-corrected chi connectivity index (χ3v) is 6.64. The van der Waals surface area contributed by atoms with E-state index < -0.39 is 0 Å². The first-order chi connectivity index (χ1) is 14.9. The molecule has 1 fully saturated rings. The topological polar surface area (TPSA) is 19.4 Å². The zero-order chi connectivity index (χ0) is 20.2. The van der Waals surface area contributed by atoms with Crippen LogP contribution in [0.5, 0.6) is 0 Å². The highest BCUT2D eigenvalue weighted by Gasteiger charge is 2.35. The summed E-state index contributed by atoms with van der Waals surface area (Å²) in [7, 11) is 0. The number of para-hydroxylation sites is 1. The van der Waals surface area contributed by atoms with Gasteiger partial charge in [-0.3, -0.25) is 4.90 Å². The quantitative estimate of drug-likeness (QED) is 0.405. The van der Waals surface area contributed by atoms with E-state index in [0.717, 1.165) is 19.6 Å². The van der Waals surface area contributed by atoms with Crippen LogP contribution < -0.4 is 4.90 Å². The molecule has 3 nitrogen and oxygen atoms in total. The zero-order valence-corrected chi connectivity index (χ0v) is 17.7. The van der Waals surface area contributed by atoms with Gasteiger partial charge in [0.2, 0.25) is 0 Å². The Kier molecular flexibility index (Phi) is 5.60. The van der Waals surface area contributed by atoms with Gasteiger partial charge in [-0.2, -0.15) is 0 Å². The first-order valence-electron chi connectivity index (χ1n) is 10.4. The van der Waals surface area contributed by atoms with Crippen molar-refractivity contribution in [2.75, 3.05) is 18.0 Å². The van der Waals surface area contributed by atoms with E-state index in [2.05, 4.69) is 111 Å². The van der Waals surface area contributed by atoms with E-state index in [1.165, 1.54) is 21.8 Å². The molecule has 0 saturated carbocycles. The van der Waals surface area contributed by atoms with Crippen molar-refractivity contribution in [3.05, 3.63) is 119 Å². The van der Waals surface area contributed by atoms with Crippen molar-refractivity contribution in [2.45, 2.75) is 18.6 Å². The Labute approximate surface area is 182 Å². The Morgan fingerprint density at radius 1 is 0.733 bits per heavy atom. The molecule has 4 heteroatoms. The van der Waals surface area contributed by atoms with Crippen LogP contribution in [0, 0.1) is 0 Å². The first-order valence-corrected chi connectivity index (χ1v) is 11.3. The molecular weight excluding hydrogens is 386 g/mol. The van der Waals surface area contributed by atoms with Crippen LogP contribution in [0.1, 0.15) is 28.2 Å². The van der Waals surface area contributed by atoms with Crippen LogP contribution in [-0.2, 0) is 6.54 Å². The fourth-order valence-corrected chi connectivity index (χ4v) is 5.05. The molecule has 2 unspecified atom stereocenters. The minimum absolute atomic E-state index is 0.300. The van der Waals surface area contributed by atoms with Crippen LogP contribution in [0.15, 0.2) is 103 Å². The minimum atomic E-state index is 0.300. The van der Waals surface area contributed by atoms with Gasteiger partial charge in [0.1, 0.15) is 5.01 Å². The number of hydrogen-bond donors (Lipinski definition) is 0. The van der Waals surface area contributed by atoms with E-state index in [9.17, 15) is 0 Å². The molecule has 150 valence electrons. The highest BCUT2D eigenvalue weighted by molar-refractivity contribution is 7.09. The zero-order valence-electron chi connectivity index (χ0n) is 16.8. The SMILES string of the molecule is c1ccc(C2CN(c3ccccc3)C(c3ccccc3)CN2Cc2nccs2)cc1. The van der Waals surface area contributed by atoms with Crippen LogP contribution in [0.4, 0.5) is 5.69 Å². The monoisotopic (exact) mass is 411 g/mol. The summed E-state index contributed by atoms with van der Waals surface area (Å²) in [4.78, 5) is 9.75. The lowest BCUT2D eigenvalue weighted by Gasteiger charge is -2.47. The third kappa shape index (κ3) is 4.02. The molecule has 4 aromatic rings. The smallest absolute Gasteiger partial charge is 0.107 e. The molecule has 3 aromatic carbocycles. The number of rotatable bonds is 5. The second-order valence-corrected chi connectivity index (χ2v) is 8.68. The lowest BCUT2D eigenvalue weighted by atomic mass is 9.94. The summed E-state index contributed by atoms with van der Waals surface area (Å²) in [6.45, 7) is 2.78. The summed E-state index contributed by atoms with van der Waals surface area (Å²) >= 11 is 1.74. The second kappa shape index (κ2) is 8.82. The van der Waals surface area contributed by atoms with Gasteiger partial charge in [0.25, 0.3) is 0 Å². The van der Waals surface area contributed by atoms with Crippen molar-refractivity contribution >= 4 is 17.0 Å². The van der Waals surface area contributed by atoms with Crippen molar-refractivity contribution in [2.24, 2.45) is 0 Å². The number of thiazole rings is 1. The van der Waals surface area contributed by atoms with Gasteiger partial charge in [0.15, 0.2) is 0 Å². The number of benzene rings is 3. The largest absolute Gasteiger partial charge is 0.361 e. The van der Waals surface area contributed by atoms with Crippen LogP contribution in [-0.4, -0.2) is 23.0 Å². The molecule has 0 N–H and O–H groups in total. The van der Waals surface area contributed by atoms with Gasteiger partial charge in [-0.15, -0.1) is 11.3 Å². The molecule has 0 radical (unpaired) electrons. The fourth-order valence-electron chi connectivity index (χ4n) is 4.41. The molecule has 2 heterocycles.